The van der Waals surface area contributed by atoms with Crippen molar-refractivity contribution in [3.63, 3.8) is 0 Å². The van der Waals surface area contributed by atoms with E-state index in [0.29, 0.717) is 21.9 Å². The molecule has 0 spiro atoms. The number of nitrogens with one attached hydrogen (secondary N) is 3. The molecule has 1 aromatic carbocycles. The first-order chi connectivity index (χ1) is 13.5. The number of hydrogen-bond acceptors (Lipinski definition) is 11. The van der Waals surface area contributed by atoms with Crippen LogP contribution in [0.5, 0.6) is 0 Å². The van der Waals surface area contributed by atoms with Gasteiger partial charge >= 0.3 is 0 Å². The number of thioether (sulfide) groups is 1. The van der Waals surface area contributed by atoms with Crippen LogP contribution in [0.3, 0.4) is 0 Å². The normalized spacial score (nSPS) is 11.2. The Kier molecular flexibility index (Phi) is 6.23. The summed E-state index contributed by atoms with van der Waals surface area (Å²) in [5, 5.41) is 32.3. The summed E-state index contributed by atoms with van der Waals surface area (Å²) in [5.74, 6) is 0.170. The van der Waals surface area contributed by atoms with Crippen LogP contribution in [-0.2, 0) is 4.79 Å². The molecule has 0 aliphatic heterocycles. The van der Waals surface area contributed by atoms with Crippen molar-refractivity contribution >= 4 is 51.5 Å². The van der Waals surface area contributed by atoms with Gasteiger partial charge in [-0.15, -0.1) is 15.3 Å². The Balaban J connectivity index is 1.51. The number of non-ortho nitro benzene ring substituents is 1. The van der Waals surface area contributed by atoms with Gasteiger partial charge in [0.25, 0.3) is 5.69 Å². The number of aromatic amines is 1. The molecule has 0 aliphatic rings. The predicted molar refractivity (Wildman–Crippen MR) is 105 cm³/mol. The molecule has 0 unspecified atom stereocenters. The Hall–Kier alpha value is -3.39. The van der Waals surface area contributed by atoms with Gasteiger partial charge in [-0.3, -0.25) is 20.2 Å². The van der Waals surface area contributed by atoms with E-state index in [9.17, 15) is 14.9 Å². The summed E-state index contributed by atoms with van der Waals surface area (Å²) >= 11 is 2.37. The average molecular weight is 419 g/mol. The van der Waals surface area contributed by atoms with E-state index in [1.807, 2.05) is 0 Å². The third-order valence-corrected chi connectivity index (χ3v) is 4.68. The highest BCUT2D eigenvalue weighted by atomic mass is 32.2. The van der Waals surface area contributed by atoms with Gasteiger partial charge in [0.2, 0.25) is 22.1 Å². The molecule has 0 saturated heterocycles. The Bertz CT molecular complexity index is 986. The third kappa shape index (κ3) is 5.31. The van der Waals surface area contributed by atoms with Gasteiger partial charge in [0.15, 0.2) is 0 Å². The molecule has 3 rings (SSSR count). The quantitative estimate of drug-likeness (QED) is 0.215. The number of hydrazone groups is 1. The average Bonchev–Trinajstić information content (AvgIpc) is 3.36. The van der Waals surface area contributed by atoms with Crippen LogP contribution in [0, 0.1) is 10.1 Å². The molecule has 12 nitrogen and oxygen atoms in total. The van der Waals surface area contributed by atoms with E-state index in [1.54, 1.807) is 19.1 Å². The first-order valence-electron chi connectivity index (χ1n) is 7.67. The molecule has 0 atom stereocenters. The highest BCUT2D eigenvalue weighted by Gasteiger charge is 2.10. The van der Waals surface area contributed by atoms with Crippen LogP contribution in [0.25, 0.3) is 0 Å². The topological polar surface area (TPSA) is 164 Å². The molecular formula is C14H13N9O3S2. The van der Waals surface area contributed by atoms with E-state index in [2.05, 4.69) is 41.2 Å². The number of nitro benzene ring substituents is 1. The van der Waals surface area contributed by atoms with Crippen LogP contribution in [0.2, 0.25) is 0 Å². The molecule has 0 aliphatic carbocycles. The van der Waals surface area contributed by atoms with Crippen molar-refractivity contribution in [2.45, 2.75) is 12.1 Å². The lowest BCUT2D eigenvalue weighted by atomic mass is 10.1. The maximum Gasteiger partial charge on any atom is 0.269 e. The third-order valence-electron chi connectivity index (χ3n) is 3.23. The molecule has 28 heavy (non-hydrogen) atoms. The largest absolute Gasteiger partial charge is 0.300 e. The smallest absolute Gasteiger partial charge is 0.269 e. The summed E-state index contributed by atoms with van der Waals surface area (Å²) in [6.07, 6.45) is 0. The zero-order valence-corrected chi connectivity index (χ0v) is 16.0. The molecule has 3 aromatic rings. The van der Waals surface area contributed by atoms with Crippen molar-refractivity contribution < 1.29 is 9.72 Å². The number of carbonyl (C=O) groups is 1. The first kappa shape index (κ1) is 19.4. The molecule has 2 heterocycles. The van der Waals surface area contributed by atoms with Gasteiger partial charge in [0.1, 0.15) is 5.51 Å². The summed E-state index contributed by atoms with van der Waals surface area (Å²) in [6.45, 7) is 1.75. The van der Waals surface area contributed by atoms with Gasteiger partial charge in [-0.2, -0.15) is 10.1 Å². The van der Waals surface area contributed by atoms with Crippen LogP contribution in [0.4, 0.5) is 16.8 Å². The Morgan fingerprint density at radius 3 is 2.86 bits per heavy atom. The van der Waals surface area contributed by atoms with E-state index in [4.69, 9.17) is 0 Å². The molecule has 0 saturated carbocycles. The lowest BCUT2D eigenvalue weighted by Crippen LogP contribution is -2.13. The van der Waals surface area contributed by atoms with Gasteiger partial charge < -0.3 is 0 Å². The number of carbonyl (C=O) groups excluding carboxylic acids is 1. The molecular weight excluding hydrogens is 406 g/mol. The number of anilines is 2. The van der Waals surface area contributed by atoms with E-state index >= 15 is 0 Å². The fourth-order valence-electron chi connectivity index (χ4n) is 1.90. The van der Waals surface area contributed by atoms with Crippen LogP contribution in [-0.4, -0.2) is 47.7 Å². The van der Waals surface area contributed by atoms with Crippen molar-refractivity contribution in [3.05, 3.63) is 45.5 Å². The summed E-state index contributed by atoms with van der Waals surface area (Å²) in [7, 11) is 0. The van der Waals surface area contributed by atoms with Gasteiger partial charge in [-0.25, -0.2) is 10.5 Å². The second-order valence-electron chi connectivity index (χ2n) is 5.16. The van der Waals surface area contributed by atoms with E-state index in [-0.39, 0.29) is 17.3 Å². The number of H-pyrrole nitrogens is 1. The standard InChI is InChI=1S/C14H13N9O3S2/c1-8(9-2-4-10(5-3-9)23(25)26)18-19-12-17-14(22-20-12)27-6-11(24)16-13-21-15-7-28-13/h2-5,7H,6H2,1H3,(H,16,21,24)(H2,17,19,20,22)/b18-8+. The molecule has 0 fully saturated rings. The number of nitrogens with zero attached hydrogens (tertiary/aromatic N) is 6. The van der Waals surface area contributed by atoms with Gasteiger partial charge in [-0.1, -0.05) is 23.1 Å². The van der Waals surface area contributed by atoms with Crippen molar-refractivity contribution in [2.75, 3.05) is 16.5 Å². The minimum absolute atomic E-state index is 0.0107. The van der Waals surface area contributed by atoms with E-state index in [0.717, 1.165) is 17.3 Å². The highest BCUT2D eigenvalue weighted by Crippen LogP contribution is 2.16. The highest BCUT2D eigenvalue weighted by molar-refractivity contribution is 7.99. The zero-order chi connectivity index (χ0) is 19.9. The second-order valence-corrected chi connectivity index (χ2v) is 6.94. The molecule has 0 bridgehead atoms. The maximum atomic E-state index is 11.8. The number of amides is 1. The summed E-state index contributed by atoms with van der Waals surface area (Å²) in [5.41, 5.74) is 5.58. The van der Waals surface area contributed by atoms with Crippen LogP contribution in [0.1, 0.15) is 12.5 Å². The monoisotopic (exact) mass is 419 g/mol. The van der Waals surface area contributed by atoms with Gasteiger partial charge in [0.05, 0.1) is 16.4 Å². The number of aromatic nitrogens is 5. The number of benzene rings is 1. The maximum absolute atomic E-state index is 11.8. The minimum Gasteiger partial charge on any atom is -0.300 e. The van der Waals surface area contributed by atoms with E-state index in [1.165, 1.54) is 29.0 Å². The summed E-state index contributed by atoms with van der Waals surface area (Å²) in [6, 6.07) is 6.03. The number of nitro groups is 1. The van der Waals surface area contributed by atoms with Crippen molar-refractivity contribution in [1.29, 1.82) is 0 Å². The van der Waals surface area contributed by atoms with Crippen LogP contribution in [0.15, 0.2) is 40.0 Å². The predicted octanol–water partition coefficient (Wildman–Crippen LogP) is 2.13. The van der Waals surface area contributed by atoms with Crippen LogP contribution < -0.4 is 10.7 Å². The van der Waals surface area contributed by atoms with E-state index < -0.39 is 4.92 Å². The molecule has 3 N–H and O–H groups in total. The number of rotatable bonds is 8. The Morgan fingerprint density at radius 2 is 2.18 bits per heavy atom. The Morgan fingerprint density at radius 1 is 1.39 bits per heavy atom. The molecule has 2 aromatic heterocycles. The molecule has 144 valence electrons. The fourth-order valence-corrected chi connectivity index (χ4v) is 2.96. The summed E-state index contributed by atoms with van der Waals surface area (Å²) < 4.78 is 0. The molecule has 0 radical (unpaired) electrons. The van der Waals surface area contributed by atoms with Crippen molar-refractivity contribution in [2.24, 2.45) is 5.10 Å². The number of hydrogen-bond donors (Lipinski definition) is 3. The van der Waals surface area contributed by atoms with Crippen molar-refractivity contribution in [1.82, 2.24) is 25.4 Å². The van der Waals surface area contributed by atoms with Crippen molar-refractivity contribution in [3.8, 4) is 0 Å². The lowest BCUT2D eigenvalue weighted by Gasteiger charge is -2.01. The SMILES string of the molecule is C/C(=N\Nc1nc(SCC(=O)Nc2nncs2)n[nH]1)c1ccc([N+](=O)[O-])cc1. The fraction of sp³-hybridized carbons (Fsp3) is 0.143. The zero-order valence-electron chi connectivity index (χ0n) is 14.3. The lowest BCUT2D eigenvalue weighted by molar-refractivity contribution is -0.384. The van der Waals surface area contributed by atoms with Gasteiger partial charge in [-0.05, 0) is 24.6 Å². The second kappa shape index (κ2) is 9.01. The first-order valence-corrected chi connectivity index (χ1v) is 9.54. The minimum atomic E-state index is -0.462. The molecule has 1 amide bonds. The molecule has 14 heteroatoms. The van der Waals surface area contributed by atoms with Crippen LogP contribution >= 0.6 is 23.1 Å². The summed E-state index contributed by atoms with van der Waals surface area (Å²) in [4.78, 5) is 26.2. The Labute approximate surface area is 166 Å². The van der Waals surface area contributed by atoms with Gasteiger partial charge in [0, 0.05) is 12.1 Å².